The van der Waals surface area contributed by atoms with Gasteiger partial charge in [-0.25, -0.2) is 13.6 Å². The van der Waals surface area contributed by atoms with Crippen LogP contribution in [0.4, 0.5) is 11.4 Å². The Balaban J connectivity index is 2.37. The SMILES string of the molecule is COCCN(c1cc(S(N)(=O)=O)ccc1N)C(C)C1CC1. The van der Waals surface area contributed by atoms with Crippen molar-refractivity contribution in [3.63, 3.8) is 0 Å². The van der Waals surface area contributed by atoms with E-state index in [1.54, 1.807) is 19.2 Å². The van der Waals surface area contributed by atoms with Crippen LogP contribution in [-0.2, 0) is 14.8 Å². The number of ether oxygens (including phenoxy) is 1. The highest BCUT2D eigenvalue weighted by Gasteiger charge is 2.33. The molecular formula is C14H23N3O3S. The van der Waals surface area contributed by atoms with Crippen LogP contribution in [0.2, 0.25) is 0 Å². The maximum atomic E-state index is 11.5. The van der Waals surface area contributed by atoms with Crippen LogP contribution in [0, 0.1) is 5.92 Å². The molecule has 4 N–H and O–H groups in total. The summed E-state index contributed by atoms with van der Waals surface area (Å²) in [6.45, 7) is 3.35. The van der Waals surface area contributed by atoms with E-state index in [0.717, 1.165) is 0 Å². The molecule has 0 radical (unpaired) electrons. The van der Waals surface area contributed by atoms with Gasteiger partial charge in [0.05, 0.1) is 22.9 Å². The normalized spacial score (nSPS) is 16.7. The van der Waals surface area contributed by atoms with Gasteiger partial charge in [-0.1, -0.05) is 0 Å². The summed E-state index contributed by atoms with van der Waals surface area (Å²) in [6, 6.07) is 4.87. The molecule has 0 bridgehead atoms. The summed E-state index contributed by atoms with van der Waals surface area (Å²) < 4.78 is 28.2. The molecule has 1 unspecified atom stereocenters. The monoisotopic (exact) mass is 313 g/mol. The van der Waals surface area contributed by atoms with Crippen molar-refractivity contribution in [2.24, 2.45) is 11.1 Å². The van der Waals surface area contributed by atoms with Gasteiger partial charge >= 0.3 is 0 Å². The molecule has 6 nitrogen and oxygen atoms in total. The predicted octanol–water partition coefficient (Wildman–Crippen LogP) is 1.17. The lowest BCUT2D eigenvalue weighted by molar-refractivity contribution is 0.202. The Morgan fingerprint density at radius 3 is 2.62 bits per heavy atom. The Kier molecular flexibility index (Phi) is 4.75. The molecule has 0 aliphatic heterocycles. The summed E-state index contributed by atoms with van der Waals surface area (Å²) in [5, 5.41) is 5.21. The van der Waals surface area contributed by atoms with Gasteiger partial charge in [0.2, 0.25) is 10.0 Å². The molecular weight excluding hydrogens is 290 g/mol. The van der Waals surface area contributed by atoms with Crippen molar-refractivity contribution in [2.45, 2.75) is 30.7 Å². The topological polar surface area (TPSA) is 98.6 Å². The fraction of sp³-hybridized carbons (Fsp3) is 0.571. The Hall–Kier alpha value is -1.31. The number of nitrogens with two attached hydrogens (primary N) is 2. The number of sulfonamides is 1. The zero-order valence-electron chi connectivity index (χ0n) is 12.5. The summed E-state index contributed by atoms with van der Waals surface area (Å²) in [4.78, 5) is 2.20. The number of primary sulfonamides is 1. The molecule has 7 heteroatoms. The third kappa shape index (κ3) is 3.87. The lowest BCUT2D eigenvalue weighted by atomic mass is 10.1. The first-order chi connectivity index (χ1) is 9.84. The molecule has 1 aliphatic carbocycles. The molecule has 1 aromatic carbocycles. The second kappa shape index (κ2) is 6.21. The molecule has 0 saturated heterocycles. The highest BCUT2D eigenvalue weighted by molar-refractivity contribution is 7.89. The quantitative estimate of drug-likeness (QED) is 0.736. The minimum atomic E-state index is -3.74. The second-order valence-corrected chi connectivity index (χ2v) is 7.09. The third-order valence-corrected chi connectivity index (χ3v) is 4.88. The van der Waals surface area contributed by atoms with Crippen LogP contribution in [0.1, 0.15) is 19.8 Å². The Morgan fingerprint density at radius 1 is 1.43 bits per heavy atom. The zero-order chi connectivity index (χ0) is 15.6. The number of nitrogens with zero attached hydrogens (tertiary/aromatic N) is 1. The number of rotatable bonds is 7. The largest absolute Gasteiger partial charge is 0.397 e. The van der Waals surface area contributed by atoms with Gasteiger partial charge in [0.15, 0.2) is 0 Å². The summed E-state index contributed by atoms with van der Waals surface area (Å²) in [5.41, 5.74) is 7.30. The first kappa shape index (κ1) is 16.1. The van der Waals surface area contributed by atoms with Crippen molar-refractivity contribution < 1.29 is 13.2 Å². The zero-order valence-corrected chi connectivity index (χ0v) is 13.3. The highest BCUT2D eigenvalue weighted by atomic mass is 32.2. The Morgan fingerprint density at radius 2 is 2.10 bits per heavy atom. The highest BCUT2D eigenvalue weighted by Crippen LogP contribution is 2.38. The average molecular weight is 313 g/mol. The van der Waals surface area contributed by atoms with Crippen LogP contribution < -0.4 is 15.8 Å². The van der Waals surface area contributed by atoms with E-state index in [4.69, 9.17) is 15.6 Å². The molecule has 1 saturated carbocycles. The number of hydrogen-bond donors (Lipinski definition) is 2. The van der Waals surface area contributed by atoms with Crippen LogP contribution >= 0.6 is 0 Å². The van der Waals surface area contributed by atoms with E-state index in [0.29, 0.717) is 30.4 Å². The van der Waals surface area contributed by atoms with Crippen molar-refractivity contribution in [3.8, 4) is 0 Å². The van der Waals surface area contributed by atoms with Crippen LogP contribution in [0.25, 0.3) is 0 Å². The van der Waals surface area contributed by atoms with Crippen molar-refractivity contribution in [1.29, 1.82) is 0 Å². The summed E-state index contributed by atoms with van der Waals surface area (Å²) in [5.74, 6) is 0.624. The molecule has 2 rings (SSSR count). The van der Waals surface area contributed by atoms with E-state index < -0.39 is 10.0 Å². The molecule has 0 spiro atoms. The lowest BCUT2D eigenvalue weighted by Crippen LogP contribution is -2.38. The van der Waals surface area contributed by atoms with Crippen molar-refractivity contribution >= 4 is 21.4 Å². The lowest BCUT2D eigenvalue weighted by Gasteiger charge is -2.32. The fourth-order valence-electron chi connectivity index (χ4n) is 2.52. The molecule has 1 aliphatic rings. The van der Waals surface area contributed by atoms with E-state index in [2.05, 4.69) is 11.8 Å². The summed E-state index contributed by atoms with van der Waals surface area (Å²) >= 11 is 0. The molecule has 0 amide bonds. The minimum Gasteiger partial charge on any atom is -0.397 e. The average Bonchev–Trinajstić information content (AvgIpc) is 3.23. The maximum Gasteiger partial charge on any atom is 0.238 e. The first-order valence-corrected chi connectivity index (χ1v) is 8.57. The first-order valence-electron chi connectivity index (χ1n) is 7.02. The van der Waals surface area contributed by atoms with E-state index in [1.807, 2.05) is 0 Å². The number of anilines is 2. The number of methoxy groups -OCH3 is 1. The number of benzene rings is 1. The Bertz CT molecular complexity index is 599. The van der Waals surface area contributed by atoms with Crippen molar-refractivity contribution in [3.05, 3.63) is 18.2 Å². The Labute approximate surface area is 126 Å². The minimum absolute atomic E-state index is 0.0807. The maximum absolute atomic E-state index is 11.5. The molecule has 118 valence electrons. The van der Waals surface area contributed by atoms with Gasteiger partial charge in [-0.2, -0.15) is 0 Å². The molecule has 1 aromatic rings. The predicted molar refractivity (Wildman–Crippen MR) is 83.6 cm³/mol. The fourth-order valence-corrected chi connectivity index (χ4v) is 3.05. The molecule has 21 heavy (non-hydrogen) atoms. The van der Waals surface area contributed by atoms with Gasteiger partial charge in [-0.15, -0.1) is 0 Å². The number of nitrogen functional groups attached to an aromatic ring is 1. The van der Waals surface area contributed by atoms with Gasteiger partial charge in [-0.05, 0) is 43.9 Å². The van der Waals surface area contributed by atoms with Crippen LogP contribution in [0.5, 0.6) is 0 Å². The third-order valence-electron chi connectivity index (χ3n) is 3.97. The van der Waals surface area contributed by atoms with E-state index >= 15 is 0 Å². The van der Waals surface area contributed by atoms with Crippen LogP contribution in [0.15, 0.2) is 23.1 Å². The van der Waals surface area contributed by atoms with Gasteiger partial charge in [0.1, 0.15) is 0 Å². The van der Waals surface area contributed by atoms with Crippen molar-refractivity contribution in [1.82, 2.24) is 0 Å². The van der Waals surface area contributed by atoms with Crippen molar-refractivity contribution in [2.75, 3.05) is 30.9 Å². The standard InChI is InChI=1S/C14H23N3O3S/c1-10(11-3-4-11)17(7-8-20-2)14-9-12(21(16,18)19)5-6-13(14)15/h5-6,9-11H,3-4,7-8,15H2,1-2H3,(H2,16,18,19). The van der Waals surface area contributed by atoms with Gasteiger partial charge in [0, 0.05) is 19.7 Å². The van der Waals surface area contributed by atoms with Gasteiger partial charge in [-0.3, -0.25) is 0 Å². The summed E-state index contributed by atoms with van der Waals surface area (Å²) in [6.07, 6.45) is 2.39. The molecule has 0 aromatic heterocycles. The smallest absolute Gasteiger partial charge is 0.238 e. The number of hydrogen-bond acceptors (Lipinski definition) is 5. The van der Waals surface area contributed by atoms with E-state index in [1.165, 1.54) is 18.9 Å². The summed E-state index contributed by atoms with van der Waals surface area (Å²) in [7, 11) is -2.10. The molecule has 0 heterocycles. The second-order valence-electron chi connectivity index (χ2n) is 5.53. The van der Waals surface area contributed by atoms with Crippen LogP contribution in [-0.4, -0.2) is 34.7 Å². The van der Waals surface area contributed by atoms with E-state index in [-0.39, 0.29) is 10.9 Å². The van der Waals surface area contributed by atoms with E-state index in [9.17, 15) is 8.42 Å². The molecule has 1 fully saturated rings. The van der Waals surface area contributed by atoms with Gasteiger partial charge in [0.25, 0.3) is 0 Å². The van der Waals surface area contributed by atoms with Crippen LogP contribution in [0.3, 0.4) is 0 Å². The van der Waals surface area contributed by atoms with Gasteiger partial charge < -0.3 is 15.4 Å². The molecule has 1 atom stereocenters.